The van der Waals surface area contributed by atoms with Crippen LogP contribution in [0, 0.1) is 0 Å². The van der Waals surface area contributed by atoms with Crippen LogP contribution >= 0.6 is 0 Å². The zero-order chi connectivity index (χ0) is 10.9. The van der Waals surface area contributed by atoms with E-state index in [1.807, 2.05) is 17.8 Å². The van der Waals surface area contributed by atoms with Crippen LogP contribution in [0.3, 0.4) is 0 Å². The summed E-state index contributed by atoms with van der Waals surface area (Å²) in [5.41, 5.74) is 0. The van der Waals surface area contributed by atoms with E-state index in [0.29, 0.717) is 13.0 Å². The molecule has 0 radical (unpaired) electrons. The molecule has 1 heterocycles. The average molecular weight is 210 g/mol. The molecule has 15 heavy (non-hydrogen) atoms. The maximum absolute atomic E-state index is 11.3. The predicted octanol–water partition coefficient (Wildman–Crippen LogP) is -0.00110. The van der Waals surface area contributed by atoms with Crippen molar-refractivity contribution in [1.82, 2.24) is 20.2 Å². The summed E-state index contributed by atoms with van der Waals surface area (Å²) in [7, 11) is 1.89. The lowest BCUT2D eigenvalue weighted by Crippen LogP contribution is -2.27. The molecule has 0 atom stereocenters. The van der Waals surface area contributed by atoms with Crippen molar-refractivity contribution in [2.75, 3.05) is 20.1 Å². The smallest absolute Gasteiger partial charge is 0.220 e. The highest BCUT2D eigenvalue weighted by Crippen LogP contribution is 1.87. The number of carbonyl (C=O) groups is 1. The average Bonchev–Trinajstić information content (AvgIpc) is 2.71. The molecule has 0 saturated heterocycles. The van der Waals surface area contributed by atoms with Gasteiger partial charge in [-0.05, 0) is 20.0 Å². The van der Waals surface area contributed by atoms with Crippen LogP contribution in [-0.2, 0) is 11.3 Å². The summed E-state index contributed by atoms with van der Waals surface area (Å²) >= 11 is 0. The summed E-state index contributed by atoms with van der Waals surface area (Å²) in [6, 6.07) is 0. The minimum atomic E-state index is 0.116. The highest BCUT2D eigenvalue weighted by molar-refractivity contribution is 5.75. The molecule has 0 fully saturated rings. The Balaban J connectivity index is 2.02. The van der Waals surface area contributed by atoms with Gasteiger partial charge in [0.15, 0.2) is 0 Å². The van der Waals surface area contributed by atoms with Gasteiger partial charge in [0.1, 0.15) is 0 Å². The third kappa shape index (κ3) is 5.17. The Hall–Kier alpha value is -1.36. The molecule has 2 N–H and O–H groups in total. The number of amides is 1. The first kappa shape index (κ1) is 11.7. The van der Waals surface area contributed by atoms with Crippen molar-refractivity contribution in [2.24, 2.45) is 0 Å². The van der Waals surface area contributed by atoms with Gasteiger partial charge in [0.05, 0.1) is 6.33 Å². The lowest BCUT2D eigenvalue weighted by Gasteiger charge is -2.05. The summed E-state index contributed by atoms with van der Waals surface area (Å²) in [6.07, 6.45) is 6.83. The first-order valence-electron chi connectivity index (χ1n) is 5.20. The third-order valence-electron chi connectivity index (χ3n) is 2.08. The second-order valence-electron chi connectivity index (χ2n) is 3.36. The first-order valence-corrected chi connectivity index (χ1v) is 5.20. The number of nitrogens with zero attached hydrogens (tertiary/aromatic N) is 2. The number of imidazole rings is 1. The van der Waals surface area contributed by atoms with Gasteiger partial charge in [-0.1, -0.05) is 0 Å². The van der Waals surface area contributed by atoms with Gasteiger partial charge in [0.25, 0.3) is 0 Å². The van der Waals surface area contributed by atoms with Crippen molar-refractivity contribution in [1.29, 1.82) is 0 Å². The molecule has 0 spiro atoms. The fourth-order valence-electron chi connectivity index (χ4n) is 1.26. The van der Waals surface area contributed by atoms with Crippen molar-refractivity contribution < 1.29 is 4.79 Å². The van der Waals surface area contributed by atoms with E-state index in [0.717, 1.165) is 19.5 Å². The minimum Gasteiger partial charge on any atom is -0.354 e. The molecule has 0 aliphatic heterocycles. The van der Waals surface area contributed by atoms with E-state index < -0.39 is 0 Å². The number of aromatic nitrogens is 2. The van der Waals surface area contributed by atoms with Crippen LogP contribution in [0.2, 0.25) is 0 Å². The van der Waals surface area contributed by atoms with Gasteiger partial charge in [0, 0.05) is 31.9 Å². The van der Waals surface area contributed by atoms with E-state index in [-0.39, 0.29) is 5.91 Å². The summed E-state index contributed by atoms with van der Waals surface area (Å²) in [5, 5.41) is 5.87. The van der Waals surface area contributed by atoms with Crippen LogP contribution in [0.25, 0.3) is 0 Å². The second kappa shape index (κ2) is 7.00. The predicted molar refractivity (Wildman–Crippen MR) is 58.4 cm³/mol. The molecule has 1 rings (SSSR count). The Morgan fingerprint density at radius 3 is 3.00 bits per heavy atom. The molecule has 84 valence electrons. The monoisotopic (exact) mass is 210 g/mol. The zero-order valence-electron chi connectivity index (χ0n) is 9.07. The normalized spacial score (nSPS) is 10.2. The topological polar surface area (TPSA) is 59.0 Å². The number of hydrogen-bond donors (Lipinski definition) is 2. The molecule has 0 saturated carbocycles. The lowest BCUT2D eigenvalue weighted by molar-refractivity contribution is -0.121. The summed E-state index contributed by atoms with van der Waals surface area (Å²) in [5.74, 6) is 0.116. The number of nitrogens with one attached hydrogen (secondary N) is 2. The van der Waals surface area contributed by atoms with E-state index in [1.54, 1.807) is 12.5 Å². The van der Waals surface area contributed by atoms with Gasteiger partial charge >= 0.3 is 0 Å². The van der Waals surface area contributed by atoms with Crippen molar-refractivity contribution in [3.05, 3.63) is 18.7 Å². The van der Waals surface area contributed by atoms with Crippen molar-refractivity contribution in [3.8, 4) is 0 Å². The van der Waals surface area contributed by atoms with E-state index >= 15 is 0 Å². The van der Waals surface area contributed by atoms with Crippen LogP contribution in [0.1, 0.15) is 12.8 Å². The van der Waals surface area contributed by atoms with Crippen molar-refractivity contribution in [2.45, 2.75) is 19.4 Å². The molecule has 1 amide bonds. The molecule has 0 unspecified atom stereocenters. The van der Waals surface area contributed by atoms with Crippen LogP contribution in [0.15, 0.2) is 18.7 Å². The van der Waals surface area contributed by atoms with E-state index in [4.69, 9.17) is 0 Å². The van der Waals surface area contributed by atoms with Crippen molar-refractivity contribution >= 4 is 5.91 Å². The van der Waals surface area contributed by atoms with E-state index in [1.165, 1.54) is 0 Å². The van der Waals surface area contributed by atoms with Gasteiger partial charge in [-0.3, -0.25) is 4.79 Å². The lowest BCUT2D eigenvalue weighted by atomic mass is 10.3. The molecular formula is C10H18N4O. The standard InChI is InChI=1S/C10H18N4O/c1-11-4-2-3-10(15)13-6-8-14-7-5-12-9-14/h5,7,9,11H,2-4,6,8H2,1H3,(H,13,15). The molecule has 0 aliphatic rings. The molecule has 1 aromatic heterocycles. The van der Waals surface area contributed by atoms with Crippen LogP contribution < -0.4 is 10.6 Å². The van der Waals surface area contributed by atoms with Gasteiger partial charge in [-0.15, -0.1) is 0 Å². The number of carbonyl (C=O) groups excluding carboxylic acids is 1. The van der Waals surface area contributed by atoms with Gasteiger partial charge < -0.3 is 15.2 Å². The fraction of sp³-hybridized carbons (Fsp3) is 0.600. The van der Waals surface area contributed by atoms with E-state index in [2.05, 4.69) is 15.6 Å². The molecule has 0 aliphatic carbocycles. The third-order valence-corrected chi connectivity index (χ3v) is 2.08. The van der Waals surface area contributed by atoms with Crippen molar-refractivity contribution in [3.63, 3.8) is 0 Å². The van der Waals surface area contributed by atoms with Crippen LogP contribution in [0.4, 0.5) is 0 Å². The summed E-state index contributed by atoms with van der Waals surface area (Å²) < 4.78 is 1.94. The molecule has 1 aromatic rings. The summed E-state index contributed by atoms with van der Waals surface area (Å²) in [6.45, 7) is 2.32. The Morgan fingerprint density at radius 1 is 1.47 bits per heavy atom. The Kier molecular flexibility index (Phi) is 5.47. The molecule has 5 heteroatoms. The Morgan fingerprint density at radius 2 is 2.33 bits per heavy atom. The maximum Gasteiger partial charge on any atom is 0.220 e. The van der Waals surface area contributed by atoms with Gasteiger partial charge in [-0.25, -0.2) is 4.98 Å². The fourth-order valence-corrected chi connectivity index (χ4v) is 1.26. The molecular weight excluding hydrogens is 192 g/mol. The molecule has 0 aromatic carbocycles. The van der Waals surface area contributed by atoms with Crippen LogP contribution in [0.5, 0.6) is 0 Å². The Bertz CT molecular complexity index is 271. The Labute approximate surface area is 89.9 Å². The molecule has 5 nitrogen and oxygen atoms in total. The largest absolute Gasteiger partial charge is 0.354 e. The molecule has 0 bridgehead atoms. The maximum atomic E-state index is 11.3. The summed E-state index contributed by atoms with van der Waals surface area (Å²) in [4.78, 5) is 15.2. The second-order valence-corrected chi connectivity index (χ2v) is 3.36. The minimum absolute atomic E-state index is 0.116. The number of hydrogen-bond acceptors (Lipinski definition) is 3. The quantitative estimate of drug-likeness (QED) is 0.623. The highest BCUT2D eigenvalue weighted by atomic mass is 16.1. The zero-order valence-corrected chi connectivity index (χ0v) is 9.07. The van der Waals surface area contributed by atoms with Crippen LogP contribution in [-0.4, -0.2) is 35.6 Å². The highest BCUT2D eigenvalue weighted by Gasteiger charge is 1.99. The first-order chi connectivity index (χ1) is 7.33. The SMILES string of the molecule is CNCCCC(=O)NCCn1ccnc1. The van der Waals surface area contributed by atoms with Gasteiger partial charge in [-0.2, -0.15) is 0 Å². The van der Waals surface area contributed by atoms with E-state index in [9.17, 15) is 4.79 Å². The van der Waals surface area contributed by atoms with Gasteiger partial charge in [0.2, 0.25) is 5.91 Å². The number of rotatable bonds is 7.